The Morgan fingerprint density at radius 2 is 1.08 bits per heavy atom. The molecule has 0 bridgehead atoms. The highest BCUT2D eigenvalue weighted by Crippen LogP contribution is 2.41. The topological polar surface area (TPSA) is 52.2 Å². The molecule has 7 heteroatoms. The molecule has 0 spiro atoms. The van der Waals surface area contributed by atoms with Gasteiger partial charge in [-0.2, -0.15) is 0 Å². The van der Waals surface area contributed by atoms with Crippen LogP contribution in [0.2, 0.25) is 0 Å². The van der Waals surface area contributed by atoms with Crippen LogP contribution < -0.4 is 24.3 Å². The summed E-state index contributed by atoms with van der Waals surface area (Å²) in [6.45, 7) is 1.95. The van der Waals surface area contributed by atoms with Crippen LogP contribution in [0.1, 0.15) is 45.5 Å². The zero-order valence-corrected chi connectivity index (χ0v) is 31.3. The molecule has 2 aliphatic heterocycles. The molecule has 0 amide bonds. The van der Waals surface area contributed by atoms with Crippen molar-refractivity contribution in [3.63, 3.8) is 0 Å². The standard InChI is InChI=1S/C22H22BrNO2.C22H23NO2/c1-25-21-13-17-10-11-24(23)20(19(17)14-22(21)26-2)12-16-8-5-7-15-6-3-4-9-18(15)16;1-24-21-13-17-10-11-23-20(19(17)14-22(21)25-2)12-16-8-5-7-15-6-3-4-9-18(15)16/h3-9,13-14,20H,10-12H2,1-2H3;3-9,13-14,20,23H,10-12H2,1-2H3/t2*20-/m11/s1. The highest BCUT2D eigenvalue weighted by atomic mass is 79.9. The largest absolute Gasteiger partial charge is 0.493 e. The molecule has 262 valence electrons. The molecule has 6 aromatic rings. The Hall–Kier alpha value is -4.56. The molecule has 0 fully saturated rings. The number of nitrogens with zero attached hydrogens (tertiary/aromatic N) is 1. The summed E-state index contributed by atoms with van der Waals surface area (Å²) in [5.41, 5.74) is 8.04. The molecule has 6 aromatic carbocycles. The van der Waals surface area contributed by atoms with Crippen molar-refractivity contribution in [2.24, 2.45) is 0 Å². The van der Waals surface area contributed by atoms with Gasteiger partial charge in [0.05, 0.1) is 28.4 Å². The van der Waals surface area contributed by atoms with Crippen LogP contribution in [0.4, 0.5) is 0 Å². The zero-order valence-electron chi connectivity index (χ0n) is 29.7. The number of ether oxygens (including phenoxy) is 4. The molecule has 0 saturated carbocycles. The maximum atomic E-state index is 5.55. The summed E-state index contributed by atoms with van der Waals surface area (Å²) in [6, 6.07) is 39.4. The summed E-state index contributed by atoms with van der Waals surface area (Å²) in [5, 5.41) is 8.92. The first-order valence-corrected chi connectivity index (χ1v) is 18.3. The van der Waals surface area contributed by atoms with Gasteiger partial charge >= 0.3 is 0 Å². The maximum absolute atomic E-state index is 5.55. The van der Waals surface area contributed by atoms with E-state index in [1.54, 1.807) is 28.4 Å². The number of benzene rings is 6. The van der Waals surface area contributed by atoms with Crippen LogP contribution in [0.25, 0.3) is 21.5 Å². The van der Waals surface area contributed by atoms with Gasteiger partial charge in [-0.1, -0.05) is 84.9 Å². The van der Waals surface area contributed by atoms with E-state index in [-0.39, 0.29) is 12.1 Å². The van der Waals surface area contributed by atoms with Gasteiger partial charge in [0.2, 0.25) is 0 Å². The molecule has 2 atom stereocenters. The first-order chi connectivity index (χ1) is 25.0. The van der Waals surface area contributed by atoms with Crippen LogP contribution in [0.5, 0.6) is 23.0 Å². The van der Waals surface area contributed by atoms with E-state index in [9.17, 15) is 0 Å². The molecule has 0 unspecified atom stereocenters. The second kappa shape index (κ2) is 15.8. The second-order valence-electron chi connectivity index (χ2n) is 13.1. The number of methoxy groups -OCH3 is 4. The van der Waals surface area contributed by atoms with Gasteiger partial charge in [0.1, 0.15) is 0 Å². The summed E-state index contributed by atoms with van der Waals surface area (Å²) < 4.78 is 24.3. The number of hydrogen-bond donors (Lipinski definition) is 1. The highest BCUT2D eigenvalue weighted by Gasteiger charge is 2.29. The molecular weight excluding hydrogens is 700 g/mol. The SMILES string of the molecule is COc1cc2c(cc1OC)[C@@H](Cc1cccc3ccccc13)N(Br)CC2.COc1cc2c(cc1OC)[C@@H](Cc1cccc3ccccc13)NCC2. The summed E-state index contributed by atoms with van der Waals surface area (Å²) in [6.07, 6.45) is 3.91. The van der Waals surface area contributed by atoms with Gasteiger partial charge in [0, 0.05) is 34.8 Å². The van der Waals surface area contributed by atoms with Gasteiger partial charge < -0.3 is 24.3 Å². The average Bonchev–Trinajstić information content (AvgIpc) is 3.18. The molecule has 1 N–H and O–H groups in total. The van der Waals surface area contributed by atoms with Gasteiger partial charge in [-0.25, -0.2) is 3.93 Å². The van der Waals surface area contributed by atoms with Crippen LogP contribution in [0.15, 0.2) is 109 Å². The van der Waals surface area contributed by atoms with E-state index in [2.05, 4.69) is 135 Å². The molecule has 0 aromatic heterocycles. The monoisotopic (exact) mass is 744 g/mol. The third-order valence-corrected chi connectivity index (χ3v) is 11.2. The van der Waals surface area contributed by atoms with E-state index < -0.39 is 0 Å². The first kappa shape index (κ1) is 34.9. The maximum Gasteiger partial charge on any atom is 0.161 e. The Kier molecular flexibility index (Phi) is 10.8. The fourth-order valence-corrected chi connectivity index (χ4v) is 8.27. The molecular formula is C44H45BrN2O4. The van der Waals surface area contributed by atoms with Crippen molar-refractivity contribution in [2.45, 2.75) is 37.8 Å². The predicted octanol–water partition coefficient (Wildman–Crippen LogP) is 9.60. The van der Waals surface area contributed by atoms with Gasteiger partial charge in [-0.05, 0) is 111 Å². The van der Waals surface area contributed by atoms with E-state index in [4.69, 9.17) is 18.9 Å². The van der Waals surface area contributed by atoms with Crippen molar-refractivity contribution in [3.8, 4) is 23.0 Å². The number of fused-ring (bicyclic) bond motifs is 4. The van der Waals surface area contributed by atoms with E-state index in [0.29, 0.717) is 0 Å². The van der Waals surface area contributed by atoms with Crippen LogP contribution >= 0.6 is 16.1 Å². The van der Waals surface area contributed by atoms with E-state index in [1.807, 2.05) is 0 Å². The lowest BCUT2D eigenvalue weighted by molar-refractivity contribution is 0.334. The summed E-state index contributed by atoms with van der Waals surface area (Å²) in [4.78, 5) is 0. The highest BCUT2D eigenvalue weighted by molar-refractivity contribution is 9.07. The second-order valence-corrected chi connectivity index (χ2v) is 14.1. The van der Waals surface area contributed by atoms with Gasteiger partial charge in [0.25, 0.3) is 0 Å². The lowest BCUT2D eigenvalue weighted by Crippen LogP contribution is -2.31. The predicted molar refractivity (Wildman–Crippen MR) is 211 cm³/mol. The molecule has 51 heavy (non-hydrogen) atoms. The molecule has 6 nitrogen and oxygen atoms in total. The van der Waals surface area contributed by atoms with Crippen molar-refractivity contribution in [3.05, 3.63) is 143 Å². The van der Waals surface area contributed by atoms with Gasteiger partial charge in [-0.3, -0.25) is 0 Å². The van der Waals surface area contributed by atoms with Crippen LogP contribution in [-0.2, 0) is 25.7 Å². The third-order valence-electron chi connectivity index (χ3n) is 10.3. The number of rotatable bonds is 8. The smallest absolute Gasteiger partial charge is 0.161 e. The van der Waals surface area contributed by atoms with Gasteiger partial charge in [0.15, 0.2) is 23.0 Å². The number of hydrogen-bond acceptors (Lipinski definition) is 6. The zero-order chi connectivity index (χ0) is 35.3. The van der Waals surface area contributed by atoms with E-state index in [0.717, 1.165) is 61.8 Å². The Bertz CT molecular complexity index is 2140. The molecule has 0 radical (unpaired) electrons. The fourth-order valence-electron chi connectivity index (χ4n) is 7.73. The van der Waals surface area contributed by atoms with E-state index in [1.165, 1.54) is 54.9 Å². The minimum absolute atomic E-state index is 0.254. The molecule has 0 saturated heterocycles. The lowest BCUT2D eigenvalue weighted by Gasteiger charge is -2.34. The quantitative estimate of drug-likeness (QED) is 0.157. The Balaban J connectivity index is 0.000000159. The first-order valence-electron chi connectivity index (χ1n) is 17.6. The van der Waals surface area contributed by atoms with Crippen LogP contribution in [0.3, 0.4) is 0 Å². The molecule has 2 heterocycles. The summed E-state index contributed by atoms with van der Waals surface area (Å²) in [7, 11) is 6.77. The third kappa shape index (κ3) is 7.29. The molecule has 8 rings (SSSR count). The van der Waals surface area contributed by atoms with Crippen molar-refractivity contribution >= 4 is 37.7 Å². The summed E-state index contributed by atoms with van der Waals surface area (Å²) >= 11 is 3.79. The van der Waals surface area contributed by atoms with Gasteiger partial charge in [-0.15, -0.1) is 0 Å². The number of halogens is 1. The van der Waals surface area contributed by atoms with Crippen LogP contribution in [-0.4, -0.2) is 45.5 Å². The van der Waals surface area contributed by atoms with Crippen molar-refractivity contribution in [1.82, 2.24) is 9.24 Å². The molecule has 0 aliphatic carbocycles. The lowest BCUT2D eigenvalue weighted by atomic mass is 9.88. The Labute approximate surface area is 309 Å². The Morgan fingerprint density at radius 1 is 0.588 bits per heavy atom. The average molecular weight is 746 g/mol. The van der Waals surface area contributed by atoms with Crippen LogP contribution in [0, 0.1) is 0 Å². The minimum atomic E-state index is 0.254. The van der Waals surface area contributed by atoms with Crippen molar-refractivity contribution < 1.29 is 18.9 Å². The Morgan fingerprint density at radius 3 is 1.67 bits per heavy atom. The van der Waals surface area contributed by atoms with Crippen molar-refractivity contribution in [2.75, 3.05) is 41.5 Å². The van der Waals surface area contributed by atoms with Crippen molar-refractivity contribution in [1.29, 1.82) is 0 Å². The fraction of sp³-hybridized carbons (Fsp3) is 0.273. The van der Waals surface area contributed by atoms with E-state index >= 15 is 0 Å². The molecule has 2 aliphatic rings. The normalized spacial score (nSPS) is 16.8. The minimum Gasteiger partial charge on any atom is -0.493 e. The summed E-state index contributed by atoms with van der Waals surface area (Å²) in [5.74, 6) is 3.20. The number of nitrogens with one attached hydrogen (secondary N) is 1.